The molecule has 0 bridgehead atoms. The lowest BCUT2D eigenvalue weighted by Gasteiger charge is -2.25. The summed E-state index contributed by atoms with van der Waals surface area (Å²) in [6.45, 7) is 3.25. The summed E-state index contributed by atoms with van der Waals surface area (Å²) in [6.07, 6.45) is 0.911. The van der Waals surface area contributed by atoms with E-state index in [1.165, 1.54) is 18.2 Å². The van der Waals surface area contributed by atoms with Crippen molar-refractivity contribution in [3.8, 4) is 5.75 Å². The highest BCUT2D eigenvalue weighted by Crippen LogP contribution is 2.45. The second-order valence-electron chi connectivity index (χ2n) is 7.74. The van der Waals surface area contributed by atoms with Gasteiger partial charge < -0.3 is 19.3 Å². The largest absolute Gasteiger partial charge is 0.506 e. The standard InChI is InChI=1S/C25H25Cl2NO7/c1-3-33-23(31)25(24(32)34-4-2)13-16(10-20(29)35-14-15-8-6-5-7-9-15)21(28-25)18-11-17(26)12-19(27)22(18)30/h5-12,21,28,30H,3-4,13-14H2,1-2H3/b16-10+. The molecule has 2 aromatic carbocycles. The fourth-order valence-corrected chi connectivity index (χ4v) is 4.30. The number of esters is 3. The molecule has 1 unspecified atom stereocenters. The number of halogens is 2. The predicted octanol–water partition coefficient (Wildman–Crippen LogP) is 4.27. The van der Waals surface area contributed by atoms with Crippen molar-refractivity contribution in [1.82, 2.24) is 5.32 Å². The zero-order valence-electron chi connectivity index (χ0n) is 19.2. The number of carbonyl (C=O) groups excluding carboxylic acids is 3. The summed E-state index contributed by atoms with van der Waals surface area (Å²) in [7, 11) is 0. The molecule has 1 fully saturated rings. The highest BCUT2D eigenvalue weighted by molar-refractivity contribution is 6.35. The Morgan fingerprint density at radius 2 is 1.69 bits per heavy atom. The van der Waals surface area contributed by atoms with Gasteiger partial charge in [0.25, 0.3) is 0 Å². The number of ether oxygens (including phenoxy) is 3. The van der Waals surface area contributed by atoms with Gasteiger partial charge in [-0.25, -0.2) is 14.4 Å². The van der Waals surface area contributed by atoms with Crippen molar-refractivity contribution in [3.05, 3.63) is 75.3 Å². The van der Waals surface area contributed by atoms with Crippen LogP contribution in [0.2, 0.25) is 10.0 Å². The van der Waals surface area contributed by atoms with Crippen molar-refractivity contribution in [1.29, 1.82) is 0 Å². The van der Waals surface area contributed by atoms with Crippen molar-refractivity contribution < 1.29 is 33.7 Å². The van der Waals surface area contributed by atoms with Crippen molar-refractivity contribution in [2.75, 3.05) is 13.2 Å². The van der Waals surface area contributed by atoms with Crippen LogP contribution in [0.3, 0.4) is 0 Å². The number of rotatable bonds is 8. The lowest BCUT2D eigenvalue weighted by atomic mass is 9.93. The van der Waals surface area contributed by atoms with Crippen LogP contribution in [-0.2, 0) is 35.2 Å². The average Bonchev–Trinajstić information content (AvgIpc) is 3.21. The molecule has 1 aliphatic heterocycles. The van der Waals surface area contributed by atoms with Crippen LogP contribution in [0.25, 0.3) is 0 Å². The number of benzene rings is 2. The average molecular weight is 522 g/mol. The zero-order chi connectivity index (χ0) is 25.6. The molecule has 35 heavy (non-hydrogen) atoms. The van der Waals surface area contributed by atoms with E-state index in [9.17, 15) is 19.5 Å². The van der Waals surface area contributed by atoms with E-state index < -0.39 is 29.5 Å². The SMILES string of the molecule is CCOC(=O)C1(C(=O)OCC)C/C(=C\C(=O)OCc2ccccc2)C(c2cc(Cl)cc(Cl)c2O)N1. The molecule has 8 nitrogen and oxygen atoms in total. The maximum Gasteiger partial charge on any atom is 0.338 e. The summed E-state index contributed by atoms with van der Waals surface area (Å²) < 4.78 is 15.7. The number of hydrogen-bond acceptors (Lipinski definition) is 8. The Balaban J connectivity index is 2.03. The van der Waals surface area contributed by atoms with E-state index in [1.807, 2.05) is 18.2 Å². The molecule has 0 amide bonds. The molecule has 0 radical (unpaired) electrons. The van der Waals surface area contributed by atoms with E-state index in [4.69, 9.17) is 37.4 Å². The maximum absolute atomic E-state index is 13.0. The van der Waals surface area contributed by atoms with Gasteiger partial charge in [-0.3, -0.25) is 5.32 Å². The molecule has 0 aliphatic carbocycles. The number of nitrogens with one attached hydrogen (secondary N) is 1. The Morgan fingerprint density at radius 1 is 1.06 bits per heavy atom. The first kappa shape index (κ1) is 26.5. The van der Waals surface area contributed by atoms with Crippen LogP contribution in [0.1, 0.15) is 37.4 Å². The minimum absolute atomic E-state index is 0.0126. The Bertz CT molecular complexity index is 1120. The highest BCUT2D eigenvalue weighted by Gasteiger charge is 2.56. The van der Waals surface area contributed by atoms with Crippen LogP contribution in [0.15, 0.2) is 54.1 Å². The lowest BCUT2D eigenvalue weighted by Crippen LogP contribution is -2.56. The summed E-state index contributed by atoms with van der Waals surface area (Å²) in [5.41, 5.74) is -0.728. The Kier molecular flexibility index (Phi) is 8.77. The topological polar surface area (TPSA) is 111 Å². The Labute approximate surface area is 212 Å². The Hall–Kier alpha value is -3.07. The third kappa shape index (κ3) is 5.96. The molecule has 2 N–H and O–H groups in total. The van der Waals surface area contributed by atoms with Gasteiger partial charge in [0.1, 0.15) is 12.4 Å². The van der Waals surface area contributed by atoms with E-state index in [0.717, 1.165) is 5.56 Å². The fourth-order valence-electron chi connectivity index (χ4n) is 3.79. The van der Waals surface area contributed by atoms with Crippen molar-refractivity contribution in [2.24, 2.45) is 0 Å². The molecular weight excluding hydrogens is 497 g/mol. The molecule has 3 rings (SSSR count). The summed E-state index contributed by atoms with van der Waals surface area (Å²) >= 11 is 12.3. The smallest absolute Gasteiger partial charge is 0.338 e. The summed E-state index contributed by atoms with van der Waals surface area (Å²) in [6, 6.07) is 10.9. The first-order chi connectivity index (χ1) is 16.7. The van der Waals surface area contributed by atoms with E-state index in [2.05, 4.69) is 5.32 Å². The van der Waals surface area contributed by atoms with E-state index in [-0.39, 0.29) is 53.2 Å². The lowest BCUT2D eigenvalue weighted by molar-refractivity contribution is -0.165. The molecule has 0 saturated carbocycles. The van der Waals surface area contributed by atoms with Crippen LogP contribution in [0, 0.1) is 0 Å². The Morgan fingerprint density at radius 3 is 2.29 bits per heavy atom. The summed E-state index contributed by atoms with van der Waals surface area (Å²) in [4.78, 5) is 38.7. The fraction of sp³-hybridized carbons (Fsp3) is 0.320. The first-order valence-corrected chi connectivity index (χ1v) is 11.7. The van der Waals surface area contributed by atoms with Gasteiger partial charge in [-0.15, -0.1) is 0 Å². The zero-order valence-corrected chi connectivity index (χ0v) is 20.7. The summed E-state index contributed by atoms with van der Waals surface area (Å²) in [5, 5.41) is 13.7. The molecule has 10 heteroatoms. The second-order valence-corrected chi connectivity index (χ2v) is 8.58. The van der Waals surface area contributed by atoms with E-state index in [0.29, 0.717) is 0 Å². The van der Waals surface area contributed by atoms with Crippen molar-refractivity contribution in [3.63, 3.8) is 0 Å². The molecule has 1 aliphatic rings. The normalized spacial score (nSPS) is 17.7. The van der Waals surface area contributed by atoms with Gasteiger partial charge in [-0.1, -0.05) is 53.5 Å². The van der Waals surface area contributed by atoms with Crippen LogP contribution in [-0.4, -0.2) is 41.8 Å². The number of aromatic hydroxyl groups is 1. The predicted molar refractivity (Wildman–Crippen MR) is 129 cm³/mol. The minimum atomic E-state index is -1.95. The van der Waals surface area contributed by atoms with Gasteiger partial charge in [0.2, 0.25) is 5.54 Å². The van der Waals surface area contributed by atoms with Crippen LogP contribution >= 0.6 is 23.2 Å². The number of carbonyl (C=O) groups is 3. The maximum atomic E-state index is 13.0. The number of phenols is 1. The molecule has 0 aromatic heterocycles. The number of phenolic OH excluding ortho intramolecular Hbond substituents is 1. The third-order valence-electron chi connectivity index (χ3n) is 5.37. The molecule has 0 spiro atoms. The van der Waals surface area contributed by atoms with Gasteiger partial charge in [0.05, 0.1) is 24.3 Å². The molecule has 1 atom stereocenters. The first-order valence-electron chi connectivity index (χ1n) is 10.9. The third-order valence-corrected chi connectivity index (χ3v) is 5.88. The van der Waals surface area contributed by atoms with Gasteiger partial charge in [0.15, 0.2) is 0 Å². The van der Waals surface area contributed by atoms with E-state index >= 15 is 0 Å². The van der Waals surface area contributed by atoms with Gasteiger partial charge in [0, 0.05) is 23.1 Å². The van der Waals surface area contributed by atoms with Crippen LogP contribution in [0.5, 0.6) is 5.75 Å². The van der Waals surface area contributed by atoms with Crippen LogP contribution in [0.4, 0.5) is 0 Å². The molecule has 1 heterocycles. The van der Waals surface area contributed by atoms with Crippen molar-refractivity contribution >= 4 is 41.1 Å². The van der Waals surface area contributed by atoms with Gasteiger partial charge in [-0.2, -0.15) is 0 Å². The minimum Gasteiger partial charge on any atom is -0.506 e. The van der Waals surface area contributed by atoms with Crippen LogP contribution < -0.4 is 5.32 Å². The molecule has 1 saturated heterocycles. The quantitative estimate of drug-likeness (QED) is 0.229. The molecule has 186 valence electrons. The van der Waals surface area contributed by atoms with Gasteiger partial charge in [-0.05, 0) is 37.1 Å². The second kappa shape index (κ2) is 11.6. The monoisotopic (exact) mass is 521 g/mol. The summed E-state index contributed by atoms with van der Waals surface area (Å²) in [5.74, 6) is -2.78. The molecular formula is C25H25Cl2NO7. The van der Waals surface area contributed by atoms with Gasteiger partial charge >= 0.3 is 17.9 Å². The van der Waals surface area contributed by atoms with Crippen molar-refractivity contribution in [2.45, 2.75) is 38.5 Å². The molecule has 2 aromatic rings. The van der Waals surface area contributed by atoms with E-state index in [1.54, 1.807) is 26.0 Å². The highest BCUT2D eigenvalue weighted by atomic mass is 35.5. The number of hydrogen-bond donors (Lipinski definition) is 2.